The lowest BCUT2D eigenvalue weighted by Gasteiger charge is -2.08. The molecule has 0 amide bonds. The van der Waals surface area contributed by atoms with E-state index in [-0.39, 0.29) is 5.69 Å². The second-order valence-corrected chi connectivity index (χ2v) is 4.49. The predicted molar refractivity (Wildman–Crippen MR) is 72.1 cm³/mol. The summed E-state index contributed by atoms with van der Waals surface area (Å²) in [5.74, 6) is -1.000. The minimum Gasteiger partial charge on any atom is -0.477 e. The van der Waals surface area contributed by atoms with Gasteiger partial charge in [-0.3, -0.25) is 0 Å². The van der Waals surface area contributed by atoms with Crippen molar-refractivity contribution in [3.63, 3.8) is 0 Å². The summed E-state index contributed by atoms with van der Waals surface area (Å²) in [4.78, 5) is 11.4. The number of para-hydroxylation sites is 1. The molecule has 0 atom stereocenters. The first-order valence-electron chi connectivity index (χ1n) is 5.57. The maximum absolute atomic E-state index is 11.4. The van der Waals surface area contributed by atoms with Crippen LogP contribution in [0.2, 0.25) is 5.02 Å². The Morgan fingerprint density at radius 3 is 2.94 bits per heavy atom. The highest BCUT2D eigenvalue weighted by molar-refractivity contribution is 6.38. The lowest BCUT2D eigenvalue weighted by atomic mass is 10.1. The molecule has 1 N–H and O–H groups in total. The Morgan fingerprint density at radius 1 is 1.33 bits per heavy atom. The Balaban J connectivity index is 2.50. The van der Waals surface area contributed by atoms with Gasteiger partial charge in [-0.05, 0) is 5.56 Å². The summed E-state index contributed by atoms with van der Waals surface area (Å²) < 4.78 is 1.75. The first-order valence-corrected chi connectivity index (χ1v) is 5.95. The molecule has 0 radical (unpaired) electrons. The van der Waals surface area contributed by atoms with Gasteiger partial charge < -0.3 is 9.67 Å². The van der Waals surface area contributed by atoms with Crippen LogP contribution in [0.3, 0.4) is 0 Å². The SMILES string of the molecule is O=C(O)c1c(Cl)c2cccc3c2n1CC=CC=C3. The second-order valence-electron chi connectivity index (χ2n) is 4.11. The Hall–Kier alpha value is -2.00. The van der Waals surface area contributed by atoms with E-state index in [1.54, 1.807) is 4.57 Å². The molecule has 90 valence electrons. The molecule has 1 aromatic heterocycles. The maximum atomic E-state index is 11.4. The van der Waals surface area contributed by atoms with Gasteiger partial charge in [0.15, 0.2) is 0 Å². The molecule has 2 heterocycles. The number of aromatic carboxylic acids is 1. The third kappa shape index (κ3) is 1.48. The highest BCUT2D eigenvalue weighted by Gasteiger charge is 2.22. The van der Waals surface area contributed by atoms with Crippen LogP contribution in [0.15, 0.2) is 36.4 Å². The van der Waals surface area contributed by atoms with Crippen molar-refractivity contribution in [1.29, 1.82) is 0 Å². The van der Waals surface area contributed by atoms with Crippen molar-refractivity contribution >= 4 is 34.5 Å². The van der Waals surface area contributed by atoms with E-state index in [0.717, 1.165) is 16.5 Å². The van der Waals surface area contributed by atoms with Crippen LogP contribution in [0.25, 0.3) is 17.0 Å². The minimum absolute atomic E-state index is 0.152. The van der Waals surface area contributed by atoms with Crippen LogP contribution in [-0.4, -0.2) is 15.6 Å². The Kier molecular flexibility index (Phi) is 2.49. The zero-order chi connectivity index (χ0) is 12.7. The van der Waals surface area contributed by atoms with Crippen molar-refractivity contribution < 1.29 is 9.90 Å². The van der Waals surface area contributed by atoms with E-state index in [4.69, 9.17) is 11.6 Å². The first kappa shape index (κ1) is 11.1. The largest absolute Gasteiger partial charge is 0.477 e. The molecule has 0 spiro atoms. The third-order valence-electron chi connectivity index (χ3n) is 3.06. The number of carboxylic acid groups (broad SMARTS) is 1. The van der Waals surface area contributed by atoms with Crippen molar-refractivity contribution in [3.8, 4) is 0 Å². The highest BCUT2D eigenvalue weighted by atomic mass is 35.5. The lowest BCUT2D eigenvalue weighted by molar-refractivity contribution is 0.0686. The van der Waals surface area contributed by atoms with Crippen molar-refractivity contribution in [2.75, 3.05) is 0 Å². The molecule has 1 aliphatic rings. The second kappa shape index (κ2) is 4.03. The molecule has 1 aromatic carbocycles. The number of allylic oxidation sites excluding steroid dienone is 3. The van der Waals surface area contributed by atoms with Gasteiger partial charge in [-0.25, -0.2) is 4.79 Å². The average Bonchev–Trinajstić information content (AvgIpc) is 2.60. The van der Waals surface area contributed by atoms with Gasteiger partial charge in [0.05, 0.1) is 10.5 Å². The van der Waals surface area contributed by atoms with Crippen molar-refractivity contribution in [2.45, 2.75) is 6.54 Å². The number of hydrogen-bond acceptors (Lipinski definition) is 1. The number of rotatable bonds is 1. The predicted octanol–water partition coefficient (Wildman–Crippen LogP) is 3.58. The first-order chi connectivity index (χ1) is 8.70. The van der Waals surface area contributed by atoms with E-state index in [1.807, 2.05) is 42.5 Å². The van der Waals surface area contributed by atoms with Crippen LogP contribution in [-0.2, 0) is 6.54 Å². The van der Waals surface area contributed by atoms with Crippen LogP contribution in [0.5, 0.6) is 0 Å². The van der Waals surface area contributed by atoms with Crippen LogP contribution in [0.4, 0.5) is 0 Å². The molecule has 0 saturated carbocycles. The molecule has 3 nitrogen and oxygen atoms in total. The quantitative estimate of drug-likeness (QED) is 0.851. The summed E-state index contributed by atoms with van der Waals surface area (Å²) in [6.07, 6.45) is 7.71. The van der Waals surface area contributed by atoms with Gasteiger partial charge in [-0.1, -0.05) is 54.1 Å². The molecule has 2 aromatic rings. The topological polar surface area (TPSA) is 42.2 Å². The average molecular weight is 260 g/mol. The summed E-state index contributed by atoms with van der Waals surface area (Å²) in [7, 11) is 0. The Bertz CT molecular complexity index is 710. The molecule has 0 bridgehead atoms. The molecule has 0 unspecified atom stereocenters. The number of benzene rings is 1. The van der Waals surface area contributed by atoms with Crippen molar-refractivity contribution in [2.24, 2.45) is 0 Å². The lowest BCUT2D eigenvalue weighted by Crippen LogP contribution is -2.08. The summed E-state index contributed by atoms with van der Waals surface area (Å²) in [5, 5.41) is 10.4. The zero-order valence-corrected chi connectivity index (χ0v) is 10.2. The number of hydrogen-bond donors (Lipinski definition) is 1. The van der Waals surface area contributed by atoms with E-state index < -0.39 is 5.97 Å². The van der Waals surface area contributed by atoms with Gasteiger partial charge in [0.1, 0.15) is 5.69 Å². The fraction of sp³-hybridized carbons (Fsp3) is 0.0714. The van der Waals surface area contributed by atoms with E-state index in [0.29, 0.717) is 11.6 Å². The normalized spacial score (nSPS) is 13.6. The molecular weight excluding hydrogens is 250 g/mol. The molecule has 18 heavy (non-hydrogen) atoms. The van der Waals surface area contributed by atoms with Crippen LogP contribution in [0, 0.1) is 0 Å². The molecule has 0 aliphatic carbocycles. The van der Waals surface area contributed by atoms with Gasteiger partial charge >= 0.3 is 5.97 Å². The number of carbonyl (C=O) groups is 1. The van der Waals surface area contributed by atoms with Crippen LogP contribution in [0.1, 0.15) is 16.1 Å². The summed E-state index contributed by atoms with van der Waals surface area (Å²) in [6.45, 7) is 0.506. The number of halogens is 1. The maximum Gasteiger partial charge on any atom is 0.354 e. The number of carboxylic acids is 1. The standard InChI is InChI=1S/C14H10ClNO2/c15-11-10-7-4-6-9-5-2-1-3-8-16(12(9)10)13(11)14(17)18/h1-7H,8H2,(H,17,18). The van der Waals surface area contributed by atoms with Gasteiger partial charge in [0, 0.05) is 11.9 Å². The number of nitrogens with zero attached hydrogens (tertiary/aromatic N) is 1. The van der Waals surface area contributed by atoms with E-state index in [1.165, 1.54) is 0 Å². The minimum atomic E-state index is -1.000. The molecule has 4 heteroatoms. The van der Waals surface area contributed by atoms with E-state index in [2.05, 4.69) is 0 Å². The monoisotopic (exact) mass is 259 g/mol. The van der Waals surface area contributed by atoms with Crippen LogP contribution < -0.4 is 0 Å². The van der Waals surface area contributed by atoms with Crippen molar-refractivity contribution in [3.05, 3.63) is 52.7 Å². The fourth-order valence-corrected chi connectivity index (χ4v) is 2.66. The highest BCUT2D eigenvalue weighted by Crippen LogP contribution is 2.34. The van der Waals surface area contributed by atoms with E-state index >= 15 is 0 Å². The number of aromatic nitrogens is 1. The summed E-state index contributed by atoms with van der Waals surface area (Å²) in [5.41, 5.74) is 2.01. The molecular formula is C14H10ClNO2. The van der Waals surface area contributed by atoms with Gasteiger partial charge in [0.25, 0.3) is 0 Å². The van der Waals surface area contributed by atoms with Gasteiger partial charge in [0.2, 0.25) is 0 Å². The van der Waals surface area contributed by atoms with Crippen LogP contribution >= 0.6 is 11.6 Å². The van der Waals surface area contributed by atoms with Crippen molar-refractivity contribution in [1.82, 2.24) is 4.57 Å². The molecule has 1 aliphatic heterocycles. The van der Waals surface area contributed by atoms with Gasteiger partial charge in [-0.15, -0.1) is 0 Å². The Labute approximate surface area is 109 Å². The molecule has 3 rings (SSSR count). The summed E-state index contributed by atoms with van der Waals surface area (Å²) >= 11 is 6.19. The summed E-state index contributed by atoms with van der Waals surface area (Å²) in [6, 6.07) is 5.69. The Morgan fingerprint density at radius 2 is 2.17 bits per heavy atom. The third-order valence-corrected chi connectivity index (χ3v) is 3.45. The molecule has 0 saturated heterocycles. The zero-order valence-electron chi connectivity index (χ0n) is 9.43. The van der Waals surface area contributed by atoms with E-state index in [9.17, 15) is 9.90 Å². The smallest absolute Gasteiger partial charge is 0.354 e. The molecule has 0 fully saturated rings. The van der Waals surface area contributed by atoms with Gasteiger partial charge in [-0.2, -0.15) is 0 Å². The fourth-order valence-electron chi connectivity index (χ4n) is 2.33.